The van der Waals surface area contributed by atoms with Crippen LogP contribution in [0.3, 0.4) is 0 Å². The second-order valence-electron chi connectivity index (χ2n) is 5.21. The molecule has 1 N–H and O–H groups in total. The van der Waals surface area contributed by atoms with Crippen molar-refractivity contribution in [3.05, 3.63) is 53.3 Å². The number of carbonyl (C=O) groups is 1. The van der Waals surface area contributed by atoms with Crippen molar-refractivity contribution in [3.63, 3.8) is 0 Å². The van der Waals surface area contributed by atoms with Gasteiger partial charge in [0.1, 0.15) is 17.3 Å². The molecular weight excluding hydrogens is 297 g/mol. The van der Waals surface area contributed by atoms with Crippen molar-refractivity contribution >= 4 is 11.6 Å². The highest BCUT2D eigenvalue weighted by atomic mass is 19.1. The lowest BCUT2D eigenvalue weighted by Crippen LogP contribution is -2.16. The molecule has 1 amide bonds. The maximum atomic E-state index is 13.1. The predicted molar refractivity (Wildman–Crippen MR) is 87.6 cm³/mol. The number of hydrogen-bond donors (Lipinski definition) is 1. The van der Waals surface area contributed by atoms with Gasteiger partial charge in [-0.3, -0.25) is 4.79 Å². The minimum Gasteiger partial charge on any atom is -0.494 e. The van der Waals surface area contributed by atoms with Gasteiger partial charge in [-0.15, -0.1) is 0 Å². The number of hydrogen-bond acceptors (Lipinski definition) is 3. The molecule has 2 rings (SSSR count). The van der Waals surface area contributed by atoms with Crippen molar-refractivity contribution in [2.75, 3.05) is 19.0 Å². The number of benzene rings is 2. The Kier molecular flexibility index (Phi) is 5.57. The molecule has 0 atom stereocenters. The van der Waals surface area contributed by atoms with Crippen molar-refractivity contribution in [3.8, 4) is 11.5 Å². The standard InChI is InChI=1S/C18H20FNO3/c1-12-5-4-6-13(2)18(12)23-10-9-17(21)20-15-8-7-14(19)11-16(15)22-3/h4-8,11H,9-10H2,1-3H3,(H,20,21). The number of rotatable bonds is 6. The molecule has 5 heteroatoms. The molecule has 0 unspecified atom stereocenters. The van der Waals surface area contributed by atoms with E-state index in [4.69, 9.17) is 9.47 Å². The maximum Gasteiger partial charge on any atom is 0.227 e. The smallest absolute Gasteiger partial charge is 0.227 e. The highest BCUT2D eigenvalue weighted by Crippen LogP contribution is 2.25. The number of anilines is 1. The van der Waals surface area contributed by atoms with Crippen LogP contribution in [0.5, 0.6) is 11.5 Å². The van der Waals surface area contributed by atoms with Crippen LogP contribution in [0.4, 0.5) is 10.1 Å². The van der Waals surface area contributed by atoms with Crippen LogP contribution in [0.25, 0.3) is 0 Å². The van der Waals surface area contributed by atoms with Crippen molar-refractivity contribution in [2.45, 2.75) is 20.3 Å². The van der Waals surface area contributed by atoms with E-state index in [1.165, 1.54) is 25.3 Å². The summed E-state index contributed by atoms with van der Waals surface area (Å²) in [6, 6.07) is 9.86. The molecule has 122 valence electrons. The zero-order valence-corrected chi connectivity index (χ0v) is 13.5. The normalized spacial score (nSPS) is 10.3. The first-order valence-electron chi connectivity index (χ1n) is 7.33. The van der Waals surface area contributed by atoms with Gasteiger partial charge in [0.05, 0.1) is 25.8 Å². The third-order valence-corrected chi connectivity index (χ3v) is 3.42. The Hall–Kier alpha value is -2.56. The fourth-order valence-corrected chi connectivity index (χ4v) is 2.25. The summed E-state index contributed by atoms with van der Waals surface area (Å²) >= 11 is 0. The Bertz CT molecular complexity index is 680. The van der Waals surface area contributed by atoms with Gasteiger partial charge >= 0.3 is 0 Å². The van der Waals surface area contributed by atoms with Crippen LogP contribution < -0.4 is 14.8 Å². The van der Waals surface area contributed by atoms with Gasteiger partial charge in [-0.1, -0.05) is 18.2 Å². The summed E-state index contributed by atoms with van der Waals surface area (Å²) in [5.41, 5.74) is 2.50. The number of aryl methyl sites for hydroxylation is 2. The summed E-state index contributed by atoms with van der Waals surface area (Å²) in [6.07, 6.45) is 0.189. The molecule has 4 nitrogen and oxygen atoms in total. The molecule has 0 heterocycles. The Balaban J connectivity index is 1.91. The molecular formula is C18H20FNO3. The SMILES string of the molecule is COc1cc(F)ccc1NC(=O)CCOc1c(C)cccc1C. The fraction of sp³-hybridized carbons (Fsp3) is 0.278. The quantitative estimate of drug-likeness (QED) is 0.880. The lowest BCUT2D eigenvalue weighted by molar-refractivity contribution is -0.116. The topological polar surface area (TPSA) is 47.6 Å². The largest absolute Gasteiger partial charge is 0.494 e. The third-order valence-electron chi connectivity index (χ3n) is 3.42. The molecule has 23 heavy (non-hydrogen) atoms. The van der Waals surface area contributed by atoms with Crippen LogP contribution in [0.1, 0.15) is 17.5 Å². The van der Waals surface area contributed by atoms with Crippen LogP contribution >= 0.6 is 0 Å². The van der Waals surface area contributed by atoms with E-state index in [9.17, 15) is 9.18 Å². The van der Waals surface area contributed by atoms with Gasteiger partial charge in [-0.25, -0.2) is 4.39 Å². The van der Waals surface area contributed by atoms with E-state index in [0.29, 0.717) is 5.69 Å². The molecule has 2 aromatic rings. The Morgan fingerprint density at radius 1 is 1.17 bits per heavy atom. The van der Waals surface area contributed by atoms with Gasteiger partial charge in [-0.05, 0) is 37.1 Å². The van der Waals surface area contributed by atoms with Crippen LogP contribution in [0, 0.1) is 19.7 Å². The van der Waals surface area contributed by atoms with E-state index in [1.807, 2.05) is 32.0 Å². The van der Waals surface area contributed by atoms with E-state index in [0.717, 1.165) is 16.9 Å². The van der Waals surface area contributed by atoms with Gasteiger partial charge < -0.3 is 14.8 Å². The molecule has 0 aromatic heterocycles. The number of ether oxygens (including phenoxy) is 2. The predicted octanol–water partition coefficient (Wildman–Crippen LogP) is 3.86. The summed E-state index contributed by atoms with van der Waals surface area (Å²) in [7, 11) is 1.43. The minimum atomic E-state index is -0.418. The zero-order chi connectivity index (χ0) is 16.8. The summed E-state index contributed by atoms with van der Waals surface area (Å²) < 4.78 is 23.9. The molecule has 0 saturated heterocycles. The highest BCUT2D eigenvalue weighted by molar-refractivity contribution is 5.92. The second kappa shape index (κ2) is 7.63. The van der Waals surface area contributed by atoms with Gasteiger partial charge in [-0.2, -0.15) is 0 Å². The minimum absolute atomic E-state index is 0.189. The number of carbonyl (C=O) groups excluding carboxylic acids is 1. The Labute approximate surface area is 135 Å². The first-order chi connectivity index (χ1) is 11.0. The van der Waals surface area contributed by atoms with Crippen LogP contribution in [0.15, 0.2) is 36.4 Å². The average Bonchev–Trinajstić information content (AvgIpc) is 2.52. The maximum absolute atomic E-state index is 13.1. The van der Waals surface area contributed by atoms with E-state index in [2.05, 4.69) is 5.32 Å². The monoisotopic (exact) mass is 317 g/mol. The lowest BCUT2D eigenvalue weighted by atomic mass is 10.1. The summed E-state index contributed by atoms with van der Waals surface area (Å²) in [6.45, 7) is 4.19. The van der Waals surface area contributed by atoms with E-state index < -0.39 is 5.82 Å². The molecule has 0 aliphatic rings. The molecule has 0 bridgehead atoms. The second-order valence-corrected chi connectivity index (χ2v) is 5.21. The van der Waals surface area contributed by atoms with Crippen molar-refractivity contribution in [2.24, 2.45) is 0 Å². The lowest BCUT2D eigenvalue weighted by Gasteiger charge is -2.13. The van der Waals surface area contributed by atoms with Crippen LogP contribution in [-0.2, 0) is 4.79 Å². The molecule has 0 saturated carbocycles. The van der Waals surface area contributed by atoms with E-state index in [1.54, 1.807) is 0 Å². The van der Waals surface area contributed by atoms with E-state index in [-0.39, 0.29) is 24.7 Å². The Morgan fingerprint density at radius 2 is 1.87 bits per heavy atom. The molecule has 0 radical (unpaired) electrons. The van der Waals surface area contributed by atoms with Gasteiger partial charge in [0, 0.05) is 6.07 Å². The average molecular weight is 317 g/mol. The number of halogens is 1. The van der Waals surface area contributed by atoms with Crippen LogP contribution in [0.2, 0.25) is 0 Å². The number of para-hydroxylation sites is 1. The fourth-order valence-electron chi connectivity index (χ4n) is 2.25. The van der Waals surface area contributed by atoms with Crippen molar-refractivity contribution in [1.82, 2.24) is 0 Å². The molecule has 0 fully saturated rings. The van der Waals surface area contributed by atoms with Crippen molar-refractivity contribution in [1.29, 1.82) is 0 Å². The highest BCUT2D eigenvalue weighted by Gasteiger charge is 2.10. The summed E-state index contributed by atoms with van der Waals surface area (Å²) in [4.78, 5) is 12.0. The summed E-state index contributed by atoms with van der Waals surface area (Å²) in [5, 5.41) is 2.69. The Morgan fingerprint density at radius 3 is 2.52 bits per heavy atom. The summed E-state index contributed by atoms with van der Waals surface area (Å²) in [5.74, 6) is 0.452. The number of methoxy groups -OCH3 is 1. The van der Waals surface area contributed by atoms with Gasteiger partial charge in [0.15, 0.2) is 0 Å². The molecule has 2 aromatic carbocycles. The van der Waals surface area contributed by atoms with Crippen LogP contribution in [-0.4, -0.2) is 19.6 Å². The van der Waals surface area contributed by atoms with Gasteiger partial charge in [0.2, 0.25) is 5.91 Å². The van der Waals surface area contributed by atoms with Crippen molar-refractivity contribution < 1.29 is 18.7 Å². The third kappa shape index (κ3) is 4.45. The first-order valence-corrected chi connectivity index (χ1v) is 7.33. The van der Waals surface area contributed by atoms with E-state index >= 15 is 0 Å². The molecule has 0 aliphatic heterocycles. The van der Waals surface area contributed by atoms with Gasteiger partial charge in [0.25, 0.3) is 0 Å². The number of nitrogens with one attached hydrogen (secondary N) is 1. The zero-order valence-electron chi connectivity index (χ0n) is 13.5. The molecule has 0 aliphatic carbocycles. The molecule has 0 spiro atoms. The number of amides is 1. The first kappa shape index (κ1) is 16.8.